The smallest absolute Gasteiger partial charge is 0.339 e. The van der Waals surface area contributed by atoms with Crippen LogP contribution in [0.15, 0.2) is 24.3 Å². The van der Waals surface area contributed by atoms with Crippen molar-refractivity contribution in [2.75, 3.05) is 26.2 Å². The van der Waals surface area contributed by atoms with Crippen LogP contribution in [0.3, 0.4) is 0 Å². The van der Waals surface area contributed by atoms with Crippen molar-refractivity contribution in [3.63, 3.8) is 0 Å². The molecule has 30 heavy (non-hydrogen) atoms. The number of benzene rings is 1. The quantitative estimate of drug-likeness (QED) is 0.543. The zero-order valence-electron chi connectivity index (χ0n) is 16.6. The Morgan fingerprint density at radius 3 is 2.43 bits per heavy atom. The summed E-state index contributed by atoms with van der Waals surface area (Å²) in [7, 11) is 0. The Bertz CT molecular complexity index is 949. The number of hydrogen-bond donors (Lipinski definition) is 0. The molecule has 2 heterocycles. The molecule has 1 amide bonds. The zero-order valence-corrected chi connectivity index (χ0v) is 16.6. The summed E-state index contributed by atoms with van der Waals surface area (Å²) in [6.45, 7) is 5.28. The van der Waals surface area contributed by atoms with Gasteiger partial charge in [-0.3, -0.25) is 24.5 Å². The Hall–Kier alpha value is -2.95. The van der Waals surface area contributed by atoms with E-state index < -0.39 is 16.7 Å². The number of nitro groups is 1. The average molecular weight is 425 g/mol. The summed E-state index contributed by atoms with van der Waals surface area (Å²) >= 11 is 0. The summed E-state index contributed by atoms with van der Waals surface area (Å²) in [5.41, 5.74) is 0.395. The van der Waals surface area contributed by atoms with Gasteiger partial charge < -0.3 is 4.90 Å². The molecule has 0 radical (unpaired) electrons. The molecule has 2 aromatic rings. The molecule has 0 atom stereocenters. The summed E-state index contributed by atoms with van der Waals surface area (Å²) in [4.78, 5) is 26.8. The SMILES string of the molecule is Cc1nn(CC(=O)N2CCN(Cc3cccc(C(F)(F)F)c3)CC2)c(C)c1[N+](=O)[O-]. The summed E-state index contributed by atoms with van der Waals surface area (Å²) in [6, 6.07) is 5.24. The standard InChI is InChI=1S/C19H22F3N5O3/c1-13-18(27(29)30)14(2)26(23-13)12-17(28)25-8-6-24(7-9-25)11-15-4-3-5-16(10-15)19(20,21)22/h3-5,10H,6-9,11-12H2,1-2H3. The second-order valence-corrected chi connectivity index (χ2v) is 7.29. The molecule has 0 aliphatic carbocycles. The zero-order chi connectivity index (χ0) is 22.1. The van der Waals surface area contributed by atoms with Crippen LogP contribution in [0.1, 0.15) is 22.5 Å². The lowest BCUT2D eigenvalue weighted by atomic mass is 10.1. The predicted molar refractivity (Wildman–Crippen MR) is 102 cm³/mol. The molecule has 0 spiro atoms. The monoisotopic (exact) mass is 425 g/mol. The van der Waals surface area contributed by atoms with Crippen LogP contribution in [-0.2, 0) is 24.1 Å². The van der Waals surface area contributed by atoms with Crippen LogP contribution in [0.25, 0.3) is 0 Å². The first-order chi connectivity index (χ1) is 14.1. The summed E-state index contributed by atoms with van der Waals surface area (Å²) in [5, 5.41) is 15.2. The van der Waals surface area contributed by atoms with Crippen LogP contribution in [0.5, 0.6) is 0 Å². The number of aromatic nitrogens is 2. The molecule has 162 valence electrons. The Balaban J connectivity index is 1.56. The molecule has 0 bridgehead atoms. The molecule has 8 nitrogen and oxygen atoms in total. The maximum Gasteiger partial charge on any atom is 0.416 e. The van der Waals surface area contributed by atoms with Crippen LogP contribution in [0.4, 0.5) is 18.9 Å². The molecule has 1 saturated heterocycles. The Labute approximate surface area is 171 Å². The number of amides is 1. The summed E-state index contributed by atoms with van der Waals surface area (Å²) in [6.07, 6.45) is -4.38. The van der Waals surface area contributed by atoms with E-state index in [0.717, 1.165) is 12.1 Å². The lowest BCUT2D eigenvalue weighted by molar-refractivity contribution is -0.386. The van der Waals surface area contributed by atoms with E-state index in [1.807, 2.05) is 4.90 Å². The second-order valence-electron chi connectivity index (χ2n) is 7.29. The number of carbonyl (C=O) groups is 1. The fourth-order valence-electron chi connectivity index (χ4n) is 3.59. The van der Waals surface area contributed by atoms with Gasteiger partial charge in [0.2, 0.25) is 5.91 Å². The van der Waals surface area contributed by atoms with Crippen molar-refractivity contribution in [2.45, 2.75) is 33.1 Å². The summed E-state index contributed by atoms with van der Waals surface area (Å²) < 4.78 is 39.9. The van der Waals surface area contributed by atoms with Gasteiger partial charge in [-0.05, 0) is 25.5 Å². The highest BCUT2D eigenvalue weighted by Gasteiger charge is 2.31. The lowest BCUT2D eigenvalue weighted by Gasteiger charge is -2.34. The molecule has 11 heteroatoms. The summed E-state index contributed by atoms with van der Waals surface area (Å²) in [5.74, 6) is -0.200. The van der Waals surface area contributed by atoms with E-state index >= 15 is 0 Å². The highest BCUT2D eigenvalue weighted by Crippen LogP contribution is 2.30. The Kier molecular flexibility index (Phi) is 6.11. The highest BCUT2D eigenvalue weighted by atomic mass is 19.4. The van der Waals surface area contributed by atoms with E-state index in [4.69, 9.17) is 0 Å². The van der Waals surface area contributed by atoms with Crippen molar-refractivity contribution in [2.24, 2.45) is 0 Å². The predicted octanol–water partition coefficient (Wildman–Crippen LogP) is 2.77. The Morgan fingerprint density at radius 2 is 1.87 bits per heavy atom. The molecule has 3 rings (SSSR count). The van der Waals surface area contributed by atoms with Crippen LogP contribution < -0.4 is 0 Å². The number of aryl methyl sites for hydroxylation is 1. The lowest BCUT2D eigenvalue weighted by Crippen LogP contribution is -2.49. The molecule has 0 saturated carbocycles. The van der Waals surface area contributed by atoms with Crippen molar-refractivity contribution >= 4 is 11.6 Å². The van der Waals surface area contributed by atoms with Gasteiger partial charge in [-0.25, -0.2) is 0 Å². The minimum Gasteiger partial charge on any atom is -0.339 e. The van der Waals surface area contributed by atoms with Crippen molar-refractivity contribution in [3.8, 4) is 0 Å². The molecule has 0 unspecified atom stereocenters. The number of rotatable bonds is 5. The number of nitrogens with zero attached hydrogens (tertiary/aromatic N) is 5. The van der Waals surface area contributed by atoms with Gasteiger partial charge in [0, 0.05) is 32.7 Å². The number of hydrogen-bond acceptors (Lipinski definition) is 5. The van der Waals surface area contributed by atoms with E-state index in [1.54, 1.807) is 17.9 Å². The molecule has 1 aromatic carbocycles. The molecule has 1 fully saturated rings. The molecule has 1 aromatic heterocycles. The molecular weight excluding hydrogens is 403 g/mol. The third-order valence-corrected chi connectivity index (χ3v) is 5.20. The third kappa shape index (κ3) is 4.78. The van der Waals surface area contributed by atoms with Crippen molar-refractivity contribution in [1.82, 2.24) is 19.6 Å². The normalized spacial score (nSPS) is 15.4. The van der Waals surface area contributed by atoms with Gasteiger partial charge >= 0.3 is 11.9 Å². The molecule has 1 aliphatic heterocycles. The van der Waals surface area contributed by atoms with Crippen molar-refractivity contribution in [1.29, 1.82) is 0 Å². The second kappa shape index (κ2) is 8.42. The van der Waals surface area contributed by atoms with Crippen LogP contribution in [0.2, 0.25) is 0 Å². The van der Waals surface area contributed by atoms with Gasteiger partial charge in [-0.15, -0.1) is 0 Å². The molecule has 0 N–H and O–H groups in total. The third-order valence-electron chi connectivity index (χ3n) is 5.20. The largest absolute Gasteiger partial charge is 0.416 e. The van der Waals surface area contributed by atoms with E-state index in [9.17, 15) is 28.1 Å². The molecular formula is C19H22F3N5O3. The van der Waals surface area contributed by atoms with Gasteiger partial charge in [0.1, 0.15) is 17.9 Å². The van der Waals surface area contributed by atoms with Crippen LogP contribution in [0, 0.1) is 24.0 Å². The first-order valence-electron chi connectivity index (χ1n) is 9.41. The first-order valence-corrected chi connectivity index (χ1v) is 9.41. The van der Waals surface area contributed by atoms with Crippen LogP contribution in [-0.4, -0.2) is 56.6 Å². The van der Waals surface area contributed by atoms with E-state index in [1.165, 1.54) is 17.7 Å². The maximum atomic E-state index is 12.9. The van der Waals surface area contributed by atoms with E-state index in [-0.39, 0.29) is 23.8 Å². The van der Waals surface area contributed by atoms with E-state index in [2.05, 4.69) is 5.10 Å². The Morgan fingerprint density at radius 1 is 1.20 bits per heavy atom. The van der Waals surface area contributed by atoms with Gasteiger partial charge in [-0.1, -0.05) is 18.2 Å². The fraction of sp³-hybridized carbons (Fsp3) is 0.474. The van der Waals surface area contributed by atoms with Gasteiger partial charge in [0.25, 0.3) is 0 Å². The van der Waals surface area contributed by atoms with E-state index in [0.29, 0.717) is 44.0 Å². The number of alkyl halides is 3. The van der Waals surface area contributed by atoms with Crippen molar-refractivity contribution in [3.05, 3.63) is 56.9 Å². The van der Waals surface area contributed by atoms with Crippen molar-refractivity contribution < 1.29 is 22.9 Å². The highest BCUT2D eigenvalue weighted by molar-refractivity contribution is 5.76. The van der Waals surface area contributed by atoms with Gasteiger partial charge in [0.15, 0.2) is 0 Å². The fourth-order valence-corrected chi connectivity index (χ4v) is 3.59. The van der Waals surface area contributed by atoms with Gasteiger partial charge in [0.05, 0.1) is 10.5 Å². The minimum atomic E-state index is -4.38. The van der Waals surface area contributed by atoms with Gasteiger partial charge in [-0.2, -0.15) is 18.3 Å². The molecule has 1 aliphatic rings. The average Bonchev–Trinajstić information content (AvgIpc) is 2.95. The first kappa shape index (κ1) is 21.8. The topological polar surface area (TPSA) is 84.5 Å². The maximum absolute atomic E-state index is 12.9. The number of halogens is 3. The van der Waals surface area contributed by atoms with Crippen LogP contribution >= 0.6 is 0 Å². The number of piperazine rings is 1. The number of carbonyl (C=O) groups excluding carboxylic acids is 1. The minimum absolute atomic E-state index is 0.0891.